The van der Waals surface area contributed by atoms with Gasteiger partial charge in [0.1, 0.15) is 0 Å². The van der Waals surface area contributed by atoms with E-state index in [9.17, 15) is 15.2 Å². The molecular formula is C12H16N2O3. The molecule has 92 valence electrons. The van der Waals surface area contributed by atoms with Crippen molar-refractivity contribution in [2.75, 3.05) is 0 Å². The minimum absolute atomic E-state index is 0.111. The molecule has 1 aliphatic carbocycles. The van der Waals surface area contributed by atoms with Crippen LogP contribution >= 0.6 is 0 Å². The van der Waals surface area contributed by atoms with Crippen LogP contribution < -0.4 is 5.32 Å². The first kappa shape index (κ1) is 12.0. The Bertz CT molecular complexity index is 399. The van der Waals surface area contributed by atoms with Crippen LogP contribution in [0, 0.1) is 10.1 Å². The molecule has 17 heavy (non-hydrogen) atoms. The molecule has 5 heteroatoms. The summed E-state index contributed by atoms with van der Waals surface area (Å²) in [4.78, 5) is 10.1. The lowest BCUT2D eigenvalue weighted by Gasteiger charge is -2.34. The van der Waals surface area contributed by atoms with Crippen LogP contribution in [0.3, 0.4) is 0 Å². The lowest BCUT2D eigenvalue weighted by Crippen LogP contribution is -2.44. The Labute approximate surface area is 99.6 Å². The summed E-state index contributed by atoms with van der Waals surface area (Å²) in [6.07, 6.45) is 1.41. The van der Waals surface area contributed by atoms with Gasteiger partial charge in [0.15, 0.2) is 0 Å². The van der Waals surface area contributed by atoms with Crippen LogP contribution in [-0.2, 0) is 0 Å². The zero-order valence-electron chi connectivity index (χ0n) is 9.67. The number of aliphatic hydroxyl groups excluding tert-OH is 1. The van der Waals surface area contributed by atoms with Crippen molar-refractivity contribution in [3.8, 4) is 0 Å². The standard InChI is InChI=1S/C12H16N2O3/c1-8(13-10-6-12(15)7-10)9-2-4-11(5-3-9)14(16)17/h2-5,8,10,12-13,15H,6-7H2,1H3. The van der Waals surface area contributed by atoms with Gasteiger partial charge in [0.2, 0.25) is 0 Å². The van der Waals surface area contributed by atoms with Crippen molar-refractivity contribution in [3.63, 3.8) is 0 Å². The molecule has 1 unspecified atom stereocenters. The third kappa shape index (κ3) is 2.81. The van der Waals surface area contributed by atoms with E-state index in [1.807, 2.05) is 6.92 Å². The Balaban J connectivity index is 1.94. The number of nitrogens with zero attached hydrogens (tertiary/aromatic N) is 1. The number of hydrogen-bond donors (Lipinski definition) is 2. The summed E-state index contributed by atoms with van der Waals surface area (Å²) >= 11 is 0. The van der Waals surface area contributed by atoms with Gasteiger partial charge in [-0.05, 0) is 25.3 Å². The first-order valence-electron chi connectivity index (χ1n) is 5.74. The van der Waals surface area contributed by atoms with Crippen molar-refractivity contribution in [2.45, 2.75) is 38.0 Å². The van der Waals surface area contributed by atoms with E-state index in [0.717, 1.165) is 18.4 Å². The van der Waals surface area contributed by atoms with Crippen LogP contribution in [0.5, 0.6) is 0 Å². The molecule has 0 aromatic heterocycles. The van der Waals surface area contributed by atoms with Crippen LogP contribution in [0.25, 0.3) is 0 Å². The van der Waals surface area contributed by atoms with E-state index in [1.54, 1.807) is 12.1 Å². The number of nitrogens with one attached hydrogen (secondary N) is 1. The average Bonchev–Trinajstić information content (AvgIpc) is 2.27. The summed E-state index contributed by atoms with van der Waals surface area (Å²) in [6, 6.07) is 7.07. The summed E-state index contributed by atoms with van der Waals surface area (Å²) in [7, 11) is 0. The largest absolute Gasteiger partial charge is 0.393 e. The third-order valence-electron chi connectivity index (χ3n) is 3.20. The highest BCUT2D eigenvalue weighted by Crippen LogP contribution is 2.24. The second-order valence-electron chi connectivity index (χ2n) is 4.56. The zero-order chi connectivity index (χ0) is 12.4. The molecule has 0 spiro atoms. The highest BCUT2D eigenvalue weighted by Gasteiger charge is 2.28. The molecule has 1 saturated carbocycles. The summed E-state index contributed by atoms with van der Waals surface area (Å²) in [5.41, 5.74) is 1.14. The van der Waals surface area contributed by atoms with Crippen molar-refractivity contribution in [2.24, 2.45) is 0 Å². The molecule has 0 bridgehead atoms. The third-order valence-corrected chi connectivity index (χ3v) is 3.20. The number of nitro benzene ring substituents is 1. The molecular weight excluding hydrogens is 220 g/mol. The van der Waals surface area contributed by atoms with E-state index in [1.165, 1.54) is 12.1 Å². The second kappa shape index (κ2) is 4.81. The van der Waals surface area contributed by atoms with Gasteiger partial charge in [-0.3, -0.25) is 10.1 Å². The fourth-order valence-electron chi connectivity index (χ4n) is 2.06. The Hall–Kier alpha value is -1.46. The second-order valence-corrected chi connectivity index (χ2v) is 4.56. The molecule has 1 aliphatic rings. The van der Waals surface area contributed by atoms with Gasteiger partial charge in [0, 0.05) is 24.2 Å². The normalized spacial score (nSPS) is 25.1. The number of nitro groups is 1. The van der Waals surface area contributed by atoms with Crippen LogP contribution in [0.4, 0.5) is 5.69 Å². The van der Waals surface area contributed by atoms with Crippen LogP contribution in [0.15, 0.2) is 24.3 Å². The topological polar surface area (TPSA) is 75.4 Å². The van der Waals surface area contributed by atoms with Crippen molar-refractivity contribution in [1.82, 2.24) is 5.32 Å². The SMILES string of the molecule is CC(NC1CC(O)C1)c1ccc([N+](=O)[O-])cc1. The van der Waals surface area contributed by atoms with Gasteiger partial charge in [0.05, 0.1) is 11.0 Å². The zero-order valence-corrected chi connectivity index (χ0v) is 9.67. The van der Waals surface area contributed by atoms with Crippen LogP contribution in [0.1, 0.15) is 31.4 Å². The molecule has 2 rings (SSSR count). The molecule has 0 radical (unpaired) electrons. The molecule has 1 aromatic rings. The Kier molecular flexibility index (Phi) is 3.40. The average molecular weight is 236 g/mol. The number of non-ortho nitro benzene ring substituents is 1. The van der Waals surface area contributed by atoms with Gasteiger partial charge in [-0.1, -0.05) is 12.1 Å². The molecule has 2 N–H and O–H groups in total. The van der Waals surface area contributed by atoms with E-state index >= 15 is 0 Å². The maximum atomic E-state index is 10.5. The number of rotatable bonds is 4. The van der Waals surface area contributed by atoms with E-state index in [4.69, 9.17) is 0 Å². The number of aliphatic hydroxyl groups is 1. The van der Waals surface area contributed by atoms with Gasteiger partial charge < -0.3 is 10.4 Å². The van der Waals surface area contributed by atoms with E-state index in [0.29, 0.717) is 6.04 Å². The van der Waals surface area contributed by atoms with Crippen LogP contribution in [0.2, 0.25) is 0 Å². The predicted octanol–water partition coefficient (Wildman–Crippen LogP) is 1.77. The molecule has 1 aromatic carbocycles. The molecule has 5 nitrogen and oxygen atoms in total. The molecule has 0 saturated heterocycles. The smallest absolute Gasteiger partial charge is 0.269 e. The lowest BCUT2D eigenvalue weighted by molar-refractivity contribution is -0.384. The monoisotopic (exact) mass is 236 g/mol. The number of hydrogen-bond acceptors (Lipinski definition) is 4. The maximum Gasteiger partial charge on any atom is 0.269 e. The quantitative estimate of drug-likeness (QED) is 0.617. The fraction of sp³-hybridized carbons (Fsp3) is 0.500. The van der Waals surface area contributed by atoms with Gasteiger partial charge >= 0.3 is 0 Å². The Morgan fingerprint density at radius 1 is 1.41 bits per heavy atom. The minimum atomic E-state index is -0.399. The van der Waals surface area contributed by atoms with Crippen molar-refractivity contribution >= 4 is 5.69 Å². The first-order chi connectivity index (χ1) is 8.06. The van der Waals surface area contributed by atoms with E-state index < -0.39 is 4.92 Å². The summed E-state index contributed by atoms with van der Waals surface area (Å²) in [5.74, 6) is 0. The molecule has 1 fully saturated rings. The summed E-state index contributed by atoms with van der Waals surface area (Å²) in [6.45, 7) is 2.02. The molecule has 0 heterocycles. The minimum Gasteiger partial charge on any atom is -0.393 e. The van der Waals surface area contributed by atoms with E-state index in [2.05, 4.69) is 5.32 Å². The van der Waals surface area contributed by atoms with Gasteiger partial charge in [0.25, 0.3) is 5.69 Å². The molecule has 1 atom stereocenters. The summed E-state index contributed by atoms with van der Waals surface area (Å²) in [5, 5.41) is 23.1. The molecule has 0 aliphatic heterocycles. The number of benzene rings is 1. The maximum absolute atomic E-state index is 10.5. The highest BCUT2D eigenvalue weighted by atomic mass is 16.6. The van der Waals surface area contributed by atoms with Crippen molar-refractivity contribution in [1.29, 1.82) is 0 Å². The Morgan fingerprint density at radius 3 is 2.47 bits per heavy atom. The van der Waals surface area contributed by atoms with Crippen molar-refractivity contribution < 1.29 is 10.0 Å². The molecule has 0 amide bonds. The van der Waals surface area contributed by atoms with Gasteiger partial charge in [-0.25, -0.2) is 0 Å². The van der Waals surface area contributed by atoms with Gasteiger partial charge in [-0.2, -0.15) is 0 Å². The Morgan fingerprint density at radius 2 is 2.00 bits per heavy atom. The van der Waals surface area contributed by atoms with Crippen molar-refractivity contribution in [3.05, 3.63) is 39.9 Å². The van der Waals surface area contributed by atoms with Gasteiger partial charge in [-0.15, -0.1) is 0 Å². The fourth-order valence-corrected chi connectivity index (χ4v) is 2.06. The first-order valence-corrected chi connectivity index (χ1v) is 5.74. The summed E-state index contributed by atoms with van der Waals surface area (Å²) < 4.78 is 0. The predicted molar refractivity (Wildman–Crippen MR) is 63.7 cm³/mol. The highest BCUT2D eigenvalue weighted by molar-refractivity contribution is 5.34. The van der Waals surface area contributed by atoms with E-state index in [-0.39, 0.29) is 17.8 Å². The lowest BCUT2D eigenvalue weighted by atomic mass is 9.88. The van der Waals surface area contributed by atoms with Crippen LogP contribution in [-0.4, -0.2) is 22.2 Å².